The predicted molar refractivity (Wildman–Crippen MR) is 78.7 cm³/mol. The molecule has 1 aromatic heterocycles. The number of methoxy groups -OCH3 is 1. The second kappa shape index (κ2) is 5.74. The molecule has 0 saturated carbocycles. The molecule has 20 heavy (non-hydrogen) atoms. The van der Waals surface area contributed by atoms with E-state index < -0.39 is 0 Å². The number of aliphatic hydroxyl groups is 1. The van der Waals surface area contributed by atoms with Crippen LogP contribution in [0.4, 0.5) is 0 Å². The first kappa shape index (κ1) is 13.9. The van der Waals surface area contributed by atoms with E-state index >= 15 is 0 Å². The molecular weight excluding hydrogens is 274 g/mol. The highest BCUT2D eigenvalue weighted by Crippen LogP contribution is 2.40. The van der Waals surface area contributed by atoms with Crippen LogP contribution in [0.15, 0.2) is 0 Å². The number of hydrogen-bond donors (Lipinski definition) is 1. The molecule has 2 heterocycles. The summed E-state index contributed by atoms with van der Waals surface area (Å²) in [4.78, 5) is 16.6. The van der Waals surface area contributed by atoms with Crippen LogP contribution >= 0.6 is 11.3 Å². The Morgan fingerprint density at radius 1 is 1.30 bits per heavy atom. The van der Waals surface area contributed by atoms with Crippen LogP contribution < -0.4 is 4.74 Å². The van der Waals surface area contributed by atoms with Crippen LogP contribution in [0.2, 0.25) is 0 Å². The molecule has 1 aliphatic carbocycles. The van der Waals surface area contributed by atoms with Crippen molar-refractivity contribution in [1.82, 2.24) is 4.90 Å². The van der Waals surface area contributed by atoms with Crippen LogP contribution in [0.25, 0.3) is 0 Å². The van der Waals surface area contributed by atoms with E-state index in [0.717, 1.165) is 23.5 Å². The van der Waals surface area contributed by atoms with Crippen LogP contribution in [0, 0.1) is 0 Å². The number of likely N-dealkylation sites (tertiary alicyclic amines) is 1. The van der Waals surface area contributed by atoms with Crippen molar-refractivity contribution in [2.45, 2.75) is 44.6 Å². The second-order valence-corrected chi connectivity index (χ2v) is 6.70. The molecule has 0 radical (unpaired) electrons. The van der Waals surface area contributed by atoms with Crippen LogP contribution in [-0.4, -0.2) is 42.2 Å². The Kier molecular flexibility index (Phi) is 3.98. The largest absolute Gasteiger partial charge is 0.495 e. The molecule has 0 unspecified atom stereocenters. The van der Waals surface area contributed by atoms with Gasteiger partial charge in [0, 0.05) is 23.5 Å². The number of rotatable bonds is 2. The van der Waals surface area contributed by atoms with Crippen LogP contribution in [-0.2, 0) is 12.8 Å². The standard InChI is InChI=1S/C15H21NO3S/c1-19-13-11-4-2-3-5-12(11)20-14(13)15(18)16-8-6-10(17)7-9-16/h10,17H,2-9H2,1H3. The summed E-state index contributed by atoms with van der Waals surface area (Å²) in [5.74, 6) is 0.883. The lowest BCUT2D eigenvalue weighted by atomic mass is 9.98. The Bertz CT molecular complexity index is 503. The first-order valence-corrected chi connectivity index (χ1v) is 8.18. The highest BCUT2D eigenvalue weighted by molar-refractivity contribution is 7.14. The van der Waals surface area contributed by atoms with Crippen molar-refractivity contribution in [3.05, 3.63) is 15.3 Å². The van der Waals surface area contributed by atoms with E-state index in [1.165, 1.54) is 23.3 Å². The maximum atomic E-state index is 12.7. The number of aryl methyl sites for hydroxylation is 1. The molecule has 1 saturated heterocycles. The van der Waals surface area contributed by atoms with Gasteiger partial charge in [0.2, 0.25) is 0 Å². The van der Waals surface area contributed by atoms with Gasteiger partial charge in [0.15, 0.2) is 0 Å². The zero-order chi connectivity index (χ0) is 14.1. The number of nitrogens with zero attached hydrogens (tertiary/aromatic N) is 1. The van der Waals surface area contributed by atoms with Crippen molar-refractivity contribution >= 4 is 17.2 Å². The zero-order valence-electron chi connectivity index (χ0n) is 11.9. The maximum Gasteiger partial charge on any atom is 0.267 e. The van der Waals surface area contributed by atoms with Crippen molar-refractivity contribution in [2.24, 2.45) is 0 Å². The molecule has 110 valence electrons. The van der Waals surface area contributed by atoms with Gasteiger partial charge in [-0.3, -0.25) is 4.79 Å². The molecule has 1 aromatic rings. The van der Waals surface area contributed by atoms with Crippen molar-refractivity contribution in [1.29, 1.82) is 0 Å². The minimum Gasteiger partial charge on any atom is -0.495 e. The number of hydrogen-bond acceptors (Lipinski definition) is 4. The molecule has 0 bridgehead atoms. The monoisotopic (exact) mass is 295 g/mol. The van der Waals surface area contributed by atoms with Crippen molar-refractivity contribution < 1.29 is 14.6 Å². The van der Waals surface area contributed by atoms with E-state index in [4.69, 9.17) is 4.74 Å². The van der Waals surface area contributed by atoms with Crippen molar-refractivity contribution in [2.75, 3.05) is 20.2 Å². The highest BCUT2D eigenvalue weighted by atomic mass is 32.1. The smallest absolute Gasteiger partial charge is 0.267 e. The lowest BCUT2D eigenvalue weighted by Gasteiger charge is -2.29. The summed E-state index contributed by atoms with van der Waals surface area (Å²) in [6.07, 6.45) is 5.60. The number of carbonyl (C=O) groups excluding carboxylic acids is 1. The molecule has 0 atom stereocenters. The van der Waals surface area contributed by atoms with E-state index in [2.05, 4.69) is 0 Å². The number of fused-ring (bicyclic) bond motifs is 1. The third-order valence-corrected chi connectivity index (χ3v) is 5.53. The van der Waals surface area contributed by atoms with Gasteiger partial charge in [0.1, 0.15) is 10.6 Å². The number of aliphatic hydroxyl groups excluding tert-OH is 1. The average Bonchev–Trinajstić information content (AvgIpc) is 2.85. The molecule has 3 rings (SSSR count). The summed E-state index contributed by atoms with van der Waals surface area (Å²) >= 11 is 1.61. The molecular formula is C15H21NO3S. The molecule has 4 nitrogen and oxygen atoms in total. The van der Waals surface area contributed by atoms with E-state index in [1.807, 2.05) is 4.90 Å². The molecule has 1 aliphatic heterocycles. The van der Waals surface area contributed by atoms with Gasteiger partial charge in [-0.05, 0) is 38.5 Å². The SMILES string of the molecule is COc1c(C(=O)N2CCC(O)CC2)sc2c1CCCC2. The minimum absolute atomic E-state index is 0.0770. The average molecular weight is 295 g/mol. The van der Waals surface area contributed by atoms with Gasteiger partial charge in [0.25, 0.3) is 5.91 Å². The summed E-state index contributed by atoms with van der Waals surface area (Å²) in [6, 6.07) is 0. The lowest BCUT2D eigenvalue weighted by Crippen LogP contribution is -2.39. The normalized spacial score (nSPS) is 19.8. The topological polar surface area (TPSA) is 49.8 Å². The van der Waals surface area contributed by atoms with Crippen LogP contribution in [0.3, 0.4) is 0 Å². The predicted octanol–water partition coefficient (Wildman–Crippen LogP) is 2.23. The third-order valence-electron chi connectivity index (χ3n) is 4.27. The summed E-state index contributed by atoms with van der Waals surface area (Å²) in [7, 11) is 1.66. The summed E-state index contributed by atoms with van der Waals surface area (Å²) in [5.41, 5.74) is 1.25. The van der Waals surface area contributed by atoms with E-state index in [0.29, 0.717) is 25.9 Å². The van der Waals surface area contributed by atoms with Crippen molar-refractivity contribution in [3.63, 3.8) is 0 Å². The number of ether oxygens (including phenoxy) is 1. The summed E-state index contributed by atoms with van der Waals surface area (Å²) in [6.45, 7) is 1.29. The fourth-order valence-electron chi connectivity index (χ4n) is 3.11. The number of thiophene rings is 1. The summed E-state index contributed by atoms with van der Waals surface area (Å²) in [5, 5.41) is 9.55. The van der Waals surface area contributed by atoms with E-state index in [-0.39, 0.29) is 12.0 Å². The minimum atomic E-state index is -0.252. The number of piperidine rings is 1. The Morgan fingerprint density at radius 2 is 2.00 bits per heavy atom. The summed E-state index contributed by atoms with van der Waals surface area (Å²) < 4.78 is 5.53. The molecule has 0 spiro atoms. The van der Waals surface area contributed by atoms with Gasteiger partial charge >= 0.3 is 0 Å². The Hall–Kier alpha value is -1.07. The quantitative estimate of drug-likeness (QED) is 0.910. The number of carbonyl (C=O) groups is 1. The molecule has 0 aromatic carbocycles. The lowest BCUT2D eigenvalue weighted by molar-refractivity contribution is 0.0548. The van der Waals surface area contributed by atoms with Crippen LogP contribution in [0.1, 0.15) is 45.8 Å². The van der Waals surface area contributed by atoms with Crippen molar-refractivity contribution in [3.8, 4) is 5.75 Å². The molecule has 1 fully saturated rings. The third kappa shape index (κ3) is 2.44. The van der Waals surface area contributed by atoms with Gasteiger partial charge < -0.3 is 14.7 Å². The van der Waals surface area contributed by atoms with E-state index in [1.54, 1.807) is 18.4 Å². The maximum absolute atomic E-state index is 12.7. The second-order valence-electron chi connectivity index (χ2n) is 5.60. The van der Waals surface area contributed by atoms with Gasteiger partial charge in [-0.25, -0.2) is 0 Å². The Balaban J connectivity index is 1.86. The van der Waals surface area contributed by atoms with Gasteiger partial charge in [-0.1, -0.05) is 0 Å². The number of amides is 1. The van der Waals surface area contributed by atoms with E-state index in [9.17, 15) is 9.90 Å². The fraction of sp³-hybridized carbons (Fsp3) is 0.667. The van der Waals surface area contributed by atoms with Gasteiger partial charge in [-0.2, -0.15) is 0 Å². The fourth-order valence-corrected chi connectivity index (χ4v) is 4.43. The van der Waals surface area contributed by atoms with Gasteiger partial charge in [0.05, 0.1) is 13.2 Å². The van der Waals surface area contributed by atoms with Crippen LogP contribution in [0.5, 0.6) is 5.75 Å². The zero-order valence-corrected chi connectivity index (χ0v) is 12.7. The first-order chi connectivity index (χ1) is 9.70. The molecule has 1 N–H and O–H groups in total. The Labute approximate surface area is 123 Å². The Morgan fingerprint density at radius 3 is 2.70 bits per heavy atom. The van der Waals surface area contributed by atoms with Gasteiger partial charge in [-0.15, -0.1) is 11.3 Å². The first-order valence-electron chi connectivity index (χ1n) is 7.36. The molecule has 1 amide bonds. The highest BCUT2D eigenvalue weighted by Gasteiger charge is 2.29. The molecule has 5 heteroatoms. The molecule has 2 aliphatic rings.